The molecule has 0 spiro atoms. The number of guanidine groups is 1. The Labute approximate surface area is 200 Å². The van der Waals surface area contributed by atoms with Crippen LogP contribution in [-0.4, -0.2) is 49.7 Å². The minimum atomic E-state index is -0.0338. The Morgan fingerprint density at radius 3 is 2.57 bits per heavy atom. The molecule has 1 unspecified atom stereocenters. The molecule has 0 fully saturated rings. The number of hydrogen-bond acceptors (Lipinski definition) is 5. The van der Waals surface area contributed by atoms with Gasteiger partial charge >= 0.3 is 0 Å². The summed E-state index contributed by atoms with van der Waals surface area (Å²) in [6.45, 7) is 6.58. The van der Waals surface area contributed by atoms with E-state index in [1.807, 2.05) is 36.0 Å². The van der Waals surface area contributed by atoms with Crippen molar-refractivity contribution in [3.8, 4) is 11.5 Å². The molecular weight excluding hydrogens is 513 g/mol. The Kier molecular flexibility index (Phi) is 13.4. The van der Waals surface area contributed by atoms with Gasteiger partial charge in [-0.1, -0.05) is 31.2 Å². The summed E-state index contributed by atoms with van der Waals surface area (Å²) in [5.74, 6) is 2.04. The fourth-order valence-corrected chi connectivity index (χ4v) is 3.56. The maximum Gasteiger partial charge on any atom is 0.191 e. The summed E-state index contributed by atoms with van der Waals surface area (Å²) in [4.78, 5) is 5.94. The van der Waals surface area contributed by atoms with Crippen molar-refractivity contribution < 1.29 is 14.6 Å². The molecule has 0 heterocycles. The number of aliphatic imine (C=N–C) groups is 1. The minimum absolute atomic E-state index is 0. The van der Waals surface area contributed by atoms with E-state index in [4.69, 9.17) is 14.6 Å². The normalized spacial score (nSPS) is 11.9. The van der Waals surface area contributed by atoms with Gasteiger partial charge in [-0.3, -0.25) is 0 Å². The minimum Gasteiger partial charge on any atom is -0.493 e. The van der Waals surface area contributed by atoms with Crippen LogP contribution in [0.5, 0.6) is 11.5 Å². The first-order valence-electron chi connectivity index (χ1n) is 9.80. The number of rotatable bonds is 11. The van der Waals surface area contributed by atoms with Crippen molar-refractivity contribution in [3.05, 3.63) is 54.1 Å². The lowest BCUT2D eigenvalue weighted by Gasteiger charge is -2.16. The number of thioether (sulfide) groups is 1. The van der Waals surface area contributed by atoms with Gasteiger partial charge < -0.3 is 25.2 Å². The number of aliphatic hydroxyl groups is 1. The topological polar surface area (TPSA) is 75.1 Å². The summed E-state index contributed by atoms with van der Waals surface area (Å²) in [6.07, 6.45) is 0. The molecule has 8 heteroatoms. The number of hydrogen-bond donors (Lipinski definition) is 3. The Balaban J connectivity index is 0.00000450. The quantitative estimate of drug-likeness (QED) is 0.172. The lowest BCUT2D eigenvalue weighted by molar-refractivity contribution is 0.196. The monoisotopic (exact) mass is 545 g/mol. The SMILES string of the molecule is CCNC(=NCc1ccc(OCCO)c(OC)c1)NCC(C)Sc1ccccc1.I. The van der Waals surface area contributed by atoms with Crippen molar-refractivity contribution >= 4 is 41.7 Å². The zero-order valence-corrected chi connectivity index (χ0v) is 20.9. The number of aliphatic hydroxyl groups excluding tert-OH is 1. The highest BCUT2D eigenvalue weighted by Crippen LogP contribution is 2.28. The predicted molar refractivity (Wildman–Crippen MR) is 136 cm³/mol. The fraction of sp³-hybridized carbons (Fsp3) is 0.409. The average Bonchev–Trinajstić information content (AvgIpc) is 2.75. The van der Waals surface area contributed by atoms with E-state index in [2.05, 4.69) is 53.7 Å². The number of ether oxygens (including phenoxy) is 2. The van der Waals surface area contributed by atoms with Crippen molar-refractivity contribution in [1.82, 2.24) is 10.6 Å². The van der Waals surface area contributed by atoms with E-state index in [1.54, 1.807) is 7.11 Å². The average molecular weight is 545 g/mol. The van der Waals surface area contributed by atoms with E-state index in [9.17, 15) is 0 Å². The molecule has 30 heavy (non-hydrogen) atoms. The Bertz CT molecular complexity index is 763. The number of benzene rings is 2. The van der Waals surface area contributed by atoms with Crippen LogP contribution in [0.2, 0.25) is 0 Å². The van der Waals surface area contributed by atoms with Crippen molar-refractivity contribution in [2.75, 3.05) is 33.4 Å². The maximum atomic E-state index is 8.91. The first-order valence-corrected chi connectivity index (χ1v) is 10.7. The largest absolute Gasteiger partial charge is 0.493 e. The van der Waals surface area contributed by atoms with E-state index in [0.717, 1.165) is 24.6 Å². The third kappa shape index (κ3) is 9.44. The van der Waals surface area contributed by atoms with Crippen LogP contribution in [0.15, 0.2) is 58.4 Å². The molecule has 0 aliphatic rings. The van der Waals surface area contributed by atoms with Crippen molar-refractivity contribution in [3.63, 3.8) is 0 Å². The number of halogens is 1. The molecule has 0 aliphatic heterocycles. The van der Waals surface area contributed by atoms with Crippen LogP contribution in [0.25, 0.3) is 0 Å². The first-order chi connectivity index (χ1) is 14.2. The van der Waals surface area contributed by atoms with E-state index >= 15 is 0 Å². The second-order valence-corrected chi connectivity index (χ2v) is 7.89. The molecule has 2 aromatic carbocycles. The van der Waals surface area contributed by atoms with Crippen LogP contribution in [-0.2, 0) is 6.54 Å². The highest BCUT2D eigenvalue weighted by Gasteiger charge is 2.08. The molecule has 0 aliphatic carbocycles. The van der Waals surface area contributed by atoms with Crippen LogP contribution >= 0.6 is 35.7 Å². The molecule has 166 valence electrons. The molecule has 0 saturated heterocycles. The molecule has 3 N–H and O–H groups in total. The fourth-order valence-electron chi connectivity index (χ4n) is 2.61. The number of methoxy groups -OCH3 is 1. The number of nitrogens with zero attached hydrogens (tertiary/aromatic N) is 1. The van der Waals surface area contributed by atoms with Gasteiger partial charge in [0.25, 0.3) is 0 Å². The van der Waals surface area contributed by atoms with Crippen LogP contribution in [0.1, 0.15) is 19.4 Å². The highest BCUT2D eigenvalue weighted by molar-refractivity contribution is 14.0. The summed E-state index contributed by atoms with van der Waals surface area (Å²) in [5.41, 5.74) is 1.02. The van der Waals surface area contributed by atoms with E-state index in [1.165, 1.54) is 4.90 Å². The van der Waals surface area contributed by atoms with Crippen LogP contribution in [0, 0.1) is 0 Å². The van der Waals surface area contributed by atoms with Gasteiger partial charge in [0.05, 0.1) is 20.3 Å². The van der Waals surface area contributed by atoms with Gasteiger partial charge in [0, 0.05) is 23.2 Å². The van der Waals surface area contributed by atoms with Gasteiger partial charge in [-0.25, -0.2) is 4.99 Å². The third-order valence-electron chi connectivity index (χ3n) is 3.98. The molecular formula is C22H32IN3O3S. The maximum absolute atomic E-state index is 8.91. The molecule has 0 bridgehead atoms. The van der Waals surface area contributed by atoms with Gasteiger partial charge in [0.2, 0.25) is 0 Å². The molecule has 0 aromatic heterocycles. The van der Waals surface area contributed by atoms with Crippen LogP contribution in [0.4, 0.5) is 0 Å². The smallest absolute Gasteiger partial charge is 0.191 e. The molecule has 0 radical (unpaired) electrons. The Hall–Kier alpha value is -1.65. The molecule has 0 amide bonds. The summed E-state index contributed by atoms with van der Waals surface area (Å²) in [7, 11) is 1.60. The molecule has 6 nitrogen and oxygen atoms in total. The zero-order chi connectivity index (χ0) is 20.9. The molecule has 2 rings (SSSR count). The summed E-state index contributed by atoms with van der Waals surface area (Å²) in [5, 5.41) is 16.0. The van der Waals surface area contributed by atoms with E-state index < -0.39 is 0 Å². The van der Waals surface area contributed by atoms with E-state index in [0.29, 0.717) is 23.3 Å². The van der Waals surface area contributed by atoms with Gasteiger partial charge in [-0.2, -0.15) is 0 Å². The molecule has 2 aromatic rings. The van der Waals surface area contributed by atoms with Crippen LogP contribution < -0.4 is 20.1 Å². The van der Waals surface area contributed by atoms with Crippen molar-refractivity contribution in [2.24, 2.45) is 4.99 Å². The summed E-state index contributed by atoms with van der Waals surface area (Å²) >= 11 is 1.84. The Morgan fingerprint density at radius 2 is 1.90 bits per heavy atom. The third-order valence-corrected chi connectivity index (χ3v) is 5.09. The van der Waals surface area contributed by atoms with Gasteiger partial charge in [0.1, 0.15) is 6.61 Å². The van der Waals surface area contributed by atoms with Crippen LogP contribution in [0.3, 0.4) is 0 Å². The Morgan fingerprint density at radius 1 is 1.13 bits per heavy atom. The second kappa shape index (κ2) is 15.2. The summed E-state index contributed by atoms with van der Waals surface area (Å²) in [6, 6.07) is 16.1. The van der Waals surface area contributed by atoms with Gasteiger partial charge in [0.15, 0.2) is 17.5 Å². The molecule has 0 saturated carbocycles. The predicted octanol–water partition coefficient (Wildman–Crippen LogP) is 3.92. The highest BCUT2D eigenvalue weighted by atomic mass is 127. The van der Waals surface area contributed by atoms with Crippen molar-refractivity contribution in [1.29, 1.82) is 0 Å². The molecule has 1 atom stereocenters. The number of nitrogens with one attached hydrogen (secondary N) is 2. The van der Waals surface area contributed by atoms with Gasteiger partial charge in [-0.05, 0) is 36.8 Å². The lowest BCUT2D eigenvalue weighted by atomic mass is 10.2. The van der Waals surface area contributed by atoms with E-state index in [-0.39, 0.29) is 37.2 Å². The lowest BCUT2D eigenvalue weighted by Crippen LogP contribution is -2.40. The van der Waals surface area contributed by atoms with Crippen molar-refractivity contribution in [2.45, 2.75) is 30.5 Å². The first kappa shape index (κ1) is 26.4. The second-order valence-electron chi connectivity index (χ2n) is 6.37. The zero-order valence-electron chi connectivity index (χ0n) is 17.8. The van der Waals surface area contributed by atoms with Gasteiger partial charge in [-0.15, -0.1) is 35.7 Å². The summed E-state index contributed by atoms with van der Waals surface area (Å²) < 4.78 is 10.9. The standard InChI is InChI=1S/C22H31N3O3S.HI/c1-4-23-22(24-15-17(2)29-19-8-6-5-7-9-19)25-16-18-10-11-20(28-13-12-26)21(14-18)27-3;/h5-11,14,17,26H,4,12-13,15-16H2,1-3H3,(H2,23,24,25);1H.